The molecule has 2 heteroatoms. The molecule has 1 N–H and O–H groups in total. The van der Waals surface area contributed by atoms with E-state index in [1.54, 1.807) is 12.2 Å². The van der Waals surface area contributed by atoms with Crippen molar-refractivity contribution in [1.82, 2.24) is 0 Å². The van der Waals surface area contributed by atoms with Crippen molar-refractivity contribution in [2.75, 3.05) is 0 Å². The van der Waals surface area contributed by atoms with Crippen LogP contribution in [0.5, 0.6) is 0 Å². The first-order valence-electron chi connectivity index (χ1n) is 9.24. The zero-order valence-corrected chi connectivity index (χ0v) is 15.0. The van der Waals surface area contributed by atoms with Gasteiger partial charge < -0.3 is 5.11 Å². The van der Waals surface area contributed by atoms with Gasteiger partial charge in [-0.15, -0.1) is 0 Å². The Bertz CT molecular complexity index is 697. The molecule has 0 heterocycles. The Morgan fingerprint density at radius 2 is 2.04 bits per heavy atom. The smallest absolute Gasteiger partial charge is 0.178 e. The van der Waals surface area contributed by atoms with Crippen LogP contribution < -0.4 is 0 Å². The van der Waals surface area contributed by atoms with Crippen molar-refractivity contribution >= 4 is 5.78 Å². The van der Waals surface area contributed by atoms with E-state index in [9.17, 15) is 9.90 Å². The minimum absolute atomic E-state index is 0.0592. The van der Waals surface area contributed by atoms with Crippen molar-refractivity contribution in [2.45, 2.75) is 46.1 Å². The molecule has 24 heavy (non-hydrogen) atoms. The number of aliphatic hydroxyl groups is 1. The lowest BCUT2D eigenvalue weighted by atomic mass is 9.48. The molecule has 4 aliphatic rings. The summed E-state index contributed by atoms with van der Waals surface area (Å²) in [5.74, 6) is 1.71. The van der Waals surface area contributed by atoms with Crippen LogP contribution in [0.4, 0.5) is 0 Å². The van der Waals surface area contributed by atoms with Gasteiger partial charge >= 0.3 is 0 Å². The Labute approximate surface area is 145 Å². The average molecular weight is 324 g/mol. The predicted molar refractivity (Wildman–Crippen MR) is 96.2 cm³/mol. The Morgan fingerprint density at radius 3 is 2.75 bits per heavy atom. The summed E-state index contributed by atoms with van der Waals surface area (Å²) in [5, 5.41) is 11.2. The number of fused-ring (bicyclic) bond motifs is 5. The van der Waals surface area contributed by atoms with E-state index in [0.29, 0.717) is 17.8 Å². The standard InChI is InChI=1S/C22H28O2/c1-13(2)17-7-8-18-16-6-5-14-11-15(23)9-10-21(14,3)20(16)19(24)12-22(17,18)4/h5-6,9-11,16-20,24H,1,7-8,12H2,2-4H3/t16-,17+,18-,19-,20+,21-,22+/m0/s1. The molecule has 0 aliphatic heterocycles. The Morgan fingerprint density at radius 1 is 1.29 bits per heavy atom. The molecular formula is C22H28O2. The van der Waals surface area contributed by atoms with Gasteiger partial charge in [-0.2, -0.15) is 0 Å². The van der Waals surface area contributed by atoms with E-state index in [-0.39, 0.29) is 28.6 Å². The summed E-state index contributed by atoms with van der Waals surface area (Å²) in [6.07, 6.45) is 12.8. The molecule has 0 aromatic heterocycles. The van der Waals surface area contributed by atoms with E-state index in [1.807, 2.05) is 6.08 Å². The molecule has 0 aromatic rings. The number of hydrogen-bond donors (Lipinski definition) is 1. The van der Waals surface area contributed by atoms with Gasteiger partial charge in [-0.05, 0) is 67.1 Å². The molecule has 2 fully saturated rings. The third-order valence-corrected chi connectivity index (χ3v) is 7.65. The topological polar surface area (TPSA) is 37.3 Å². The third-order valence-electron chi connectivity index (χ3n) is 7.65. The Hall–Kier alpha value is -1.41. The van der Waals surface area contributed by atoms with E-state index in [4.69, 9.17) is 0 Å². The predicted octanol–water partition coefficient (Wildman–Crippen LogP) is 4.23. The van der Waals surface area contributed by atoms with Gasteiger partial charge in [0, 0.05) is 11.3 Å². The van der Waals surface area contributed by atoms with Gasteiger partial charge in [0.15, 0.2) is 5.78 Å². The second-order valence-electron chi connectivity index (χ2n) is 8.94. The highest BCUT2D eigenvalue weighted by Gasteiger charge is 2.60. The van der Waals surface area contributed by atoms with Crippen LogP contribution in [-0.4, -0.2) is 17.0 Å². The monoisotopic (exact) mass is 324 g/mol. The highest BCUT2D eigenvalue weighted by Crippen LogP contribution is 2.65. The summed E-state index contributed by atoms with van der Waals surface area (Å²) in [6.45, 7) is 10.9. The van der Waals surface area contributed by atoms with Crippen molar-refractivity contribution in [3.05, 3.63) is 48.1 Å². The van der Waals surface area contributed by atoms with Gasteiger partial charge in [-0.3, -0.25) is 4.79 Å². The summed E-state index contributed by atoms with van der Waals surface area (Å²) in [7, 11) is 0. The van der Waals surface area contributed by atoms with Crippen LogP contribution in [0.1, 0.15) is 40.0 Å². The normalized spacial score (nSPS) is 49.2. The summed E-state index contributed by atoms with van der Waals surface area (Å²) in [5.41, 5.74) is 2.24. The van der Waals surface area contributed by atoms with Crippen LogP contribution in [-0.2, 0) is 4.79 Å². The fourth-order valence-electron chi connectivity index (χ4n) is 6.59. The Balaban J connectivity index is 1.79. The van der Waals surface area contributed by atoms with Gasteiger partial charge in [0.1, 0.15) is 0 Å². The summed E-state index contributed by atoms with van der Waals surface area (Å²) in [4.78, 5) is 11.8. The highest BCUT2D eigenvalue weighted by atomic mass is 16.3. The number of aliphatic hydroxyl groups excluding tert-OH is 1. The number of hydrogen-bond acceptors (Lipinski definition) is 2. The van der Waals surface area contributed by atoms with E-state index >= 15 is 0 Å². The zero-order valence-electron chi connectivity index (χ0n) is 15.0. The molecule has 0 radical (unpaired) electrons. The minimum atomic E-state index is -0.340. The molecule has 0 bridgehead atoms. The second kappa shape index (κ2) is 5.05. The SMILES string of the molecule is C=C(C)[C@H]1CC[C@H]2[C@@H]3C=CC4=CC(=O)C=C[C@]4(C)[C@H]3[C@@H](O)C[C@]12C. The van der Waals surface area contributed by atoms with E-state index < -0.39 is 0 Å². The van der Waals surface area contributed by atoms with Crippen molar-refractivity contribution in [2.24, 2.45) is 34.5 Å². The van der Waals surface area contributed by atoms with Crippen molar-refractivity contribution in [3.8, 4) is 0 Å². The molecule has 0 saturated heterocycles. The van der Waals surface area contributed by atoms with Crippen molar-refractivity contribution in [1.29, 1.82) is 0 Å². The maximum Gasteiger partial charge on any atom is 0.178 e. The van der Waals surface area contributed by atoms with Crippen LogP contribution in [0.2, 0.25) is 0 Å². The molecule has 0 spiro atoms. The maximum atomic E-state index is 11.8. The zero-order chi connectivity index (χ0) is 17.3. The molecule has 7 atom stereocenters. The quantitative estimate of drug-likeness (QED) is 0.733. The van der Waals surface area contributed by atoms with Gasteiger partial charge in [0.05, 0.1) is 6.10 Å². The van der Waals surface area contributed by atoms with Gasteiger partial charge in [0.2, 0.25) is 0 Å². The van der Waals surface area contributed by atoms with Crippen LogP contribution in [0.3, 0.4) is 0 Å². The lowest BCUT2D eigenvalue weighted by Gasteiger charge is -2.57. The molecule has 2 saturated carbocycles. The first-order valence-corrected chi connectivity index (χ1v) is 9.24. The van der Waals surface area contributed by atoms with Crippen LogP contribution in [0.25, 0.3) is 0 Å². The van der Waals surface area contributed by atoms with Crippen molar-refractivity contribution < 1.29 is 9.90 Å². The van der Waals surface area contributed by atoms with E-state index in [1.165, 1.54) is 18.4 Å². The molecule has 128 valence electrons. The van der Waals surface area contributed by atoms with Gasteiger partial charge in [-0.25, -0.2) is 0 Å². The largest absolute Gasteiger partial charge is 0.393 e. The second-order valence-corrected chi connectivity index (χ2v) is 8.94. The first-order chi connectivity index (χ1) is 11.3. The van der Waals surface area contributed by atoms with Gasteiger partial charge in [-0.1, -0.05) is 44.2 Å². The number of carbonyl (C=O) groups excluding carboxylic acids is 1. The van der Waals surface area contributed by atoms with E-state index in [0.717, 1.165) is 12.0 Å². The van der Waals surface area contributed by atoms with Crippen LogP contribution in [0, 0.1) is 34.5 Å². The van der Waals surface area contributed by atoms with Crippen LogP contribution >= 0.6 is 0 Å². The first kappa shape index (κ1) is 16.1. The molecular weight excluding hydrogens is 296 g/mol. The van der Waals surface area contributed by atoms with E-state index in [2.05, 4.69) is 39.5 Å². The number of ketones is 1. The molecule has 2 nitrogen and oxygen atoms in total. The fraction of sp³-hybridized carbons (Fsp3) is 0.591. The lowest BCUT2D eigenvalue weighted by molar-refractivity contribution is -0.111. The molecule has 4 rings (SSSR count). The molecule has 0 unspecified atom stereocenters. The average Bonchev–Trinajstić information content (AvgIpc) is 2.84. The van der Waals surface area contributed by atoms with Crippen molar-refractivity contribution in [3.63, 3.8) is 0 Å². The number of allylic oxidation sites excluding steroid dienone is 7. The number of rotatable bonds is 1. The maximum absolute atomic E-state index is 11.8. The third kappa shape index (κ3) is 1.95. The highest BCUT2D eigenvalue weighted by molar-refractivity contribution is 6.01. The molecule has 4 aliphatic carbocycles. The molecule has 0 aromatic carbocycles. The van der Waals surface area contributed by atoms with Gasteiger partial charge in [0.25, 0.3) is 0 Å². The Kier molecular flexibility index (Phi) is 3.38. The molecule has 0 amide bonds. The number of carbonyl (C=O) groups is 1. The minimum Gasteiger partial charge on any atom is -0.393 e. The van der Waals surface area contributed by atoms with Crippen LogP contribution in [0.15, 0.2) is 48.1 Å². The summed E-state index contributed by atoms with van der Waals surface area (Å²) in [6, 6.07) is 0. The summed E-state index contributed by atoms with van der Waals surface area (Å²) >= 11 is 0. The summed E-state index contributed by atoms with van der Waals surface area (Å²) < 4.78 is 0. The lowest BCUT2D eigenvalue weighted by Crippen LogP contribution is -2.54. The fourth-order valence-corrected chi connectivity index (χ4v) is 6.59.